The number of hydrogen-bond donors (Lipinski definition) is 2. The van der Waals surface area contributed by atoms with Crippen LogP contribution in [-0.2, 0) is 0 Å². The number of piperidine rings is 1. The van der Waals surface area contributed by atoms with Gasteiger partial charge in [-0.1, -0.05) is 5.21 Å². The van der Waals surface area contributed by atoms with Gasteiger partial charge in [0.15, 0.2) is 17.8 Å². The van der Waals surface area contributed by atoms with Crippen LogP contribution in [0, 0.1) is 0 Å². The van der Waals surface area contributed by atoms with Crippen molar-refractivity contribution in [2.24, 2.45) is 0 Å². The summed E-state index contributed by atoms with van der Waals surface area (Å²) < 4.78 is 7.02. The topological polar surface area (TPSA) is 97.9 Å². The van der Waals surface area contributed by atoms with Gasteiger partial charge in [0.25, 0.3) is 5.91 Å². The number of oxazole rings is 1. The molecule has 1 amide bonds. The van der Waals surface area contributed by atoms with Crippen LogP contribution in [0.15, 0.2) is 47.5 Å². The van der Waals surface area contributed by atoms with E-state index in [0.717, 1.165) is 31.5 Å². The highest BCUT2D eigenvalue weighted by atomic mass is 16.3. The first-order chi connectivity index (χ1) is 12.3. The molecule has 1 aliphatic rings. The Kier molecular flexibility index (Phi) is 4.26. The zero-order chi connectivity index (χ0) is 17.1. The second-order valence-electron chi connectivity index (χ2n) is 5.98. The summed E-state index contributed by atoms with van der Waals surface area (Å²) >= 11 is 0. The lowest BCUT2D eigenvalue weighted by molar-refractivity contribution is 0.102. The van der Waals surface area contributed by atoms with Gasteiger partial charge < -0.3 is 15.1 Å². The maximum Gasteiger partial charge on any atom is 0.277 e. The molecule has 25 heavy (non-hydrogen) atoms. The molecule has 1 fully saturated rings. The number of nitrogens with one attached hydrogen (secondary N) is 2. The molecule has 1 atom stereocenters. The summed E-state index contributed by atoms with van der Waals surface area (Å²) in [5.41, 5.74) is 1.89. The fraction of sp³-hybridized carbons (Fsp3) is 0.294. The zero-order valence-electron chi connectivity index (χ0n) is 13.6. The van der Waals surface area contributed by atoms with Gasteiger partial charge in [-0.3, -0.25) is 4.79 Å². The number of carbonyl (C=O) groups is 1. The highest BCUT2D eigenvalue weighted by molar-refractivity contribution is 6.02. The van der Waals surface area contributed by atoms with Gasteiger partial charge in [-0.25, -0.2) is 9.67 Å². The summed E-state index contributed by atoms with van der Waals surface area (Å²) in [6.07, 6.45) is 6.88. The molecule has 3 aromatic rings. The largest absolute Gasteiger partial charge is 0.444 e. The van der Waals surface area contributed by atoms with E-state index in [-0.39, 0.29) is 11.9 Å². The van der Waals surface area contributed by atoms with Crippen LogP contribution in [0.3, 0.4) is 0 Å². The van der Waals surface area contributed by atoms with Crippen molar-refractivity contribution in [1.82, 2.24) is 25.3 Å². The van der Waals surface area contributed by atoms with Crippen LogP contribution in [0.4, 0.5) is 5.69 Å². The minimum atomic E-state index is -0.276. The molecular weight excluding hydrogens is 320 g/mol. The van der Waals surface area contributed by atoms with Crippen LogP contribution in [-0.4, -0.2) is 39.0 Å². The van der Waals surface area contributed by atoms with Gasteiger partial charge in [-0.15, -0.1) is 5.10 Å². The number of benzene rings is 1. The number of aromatic nitrogens is 4. The van der Waals surface area contributed by atoms with Crippen molar-refractivity contribution in [2.75, 3.05) is 18.4 Å². The van der Waals surface area contributed by atoms with Crippen molar-refractivity contribution in [1.29, 1.82) is 0 Å². The SMILES string of the molecule is O=C(Nc1ccc(-c2cnco2)cc1)c1cn(C2CCCNC2)nn1. The molecular formula is C17H18N6O2. The number of anilines is 1. The average molecular weight is 338 g/mol. The Labute approximate surface area is 144 Å². The van der Waals surface area contributed by atoms with E-state index in [9.17, 15) is 4.79 Å². The Balaban J connectivity index is 1.42. The molecule has 1 unspecified atom stereocenters. The van der Waals surface area contributed by atoms with Crippen molar-refractivity contribution in [3.63, 3.8) is 0 Å². The third-order valence-corrected chi connectivity index (χ3v) is 4.25. The van der Waals surface area contributed by atoms with Crippen molar-refractivity contribution >= 4 is 11.6 Å². The molecule has 2 aromatic heterocycles. The van der Waals surface area contributed by atoms with Crippen LogP contribution < -0.4 is 10.6 Å². The predicted molar refractivity (Wildman–Crippen MR) is 91.1 cm³/mol. The smallest absolute Gasteiger partial charge is 0.277 e. The van der Waals surface area contributed by atoms with Crippen LogP contribution in [0.25, 0.3) is 11.3 Å². The maximum absolute atomic E-state index is 12.4. The minimum absolute atomic E-state index is 0.254. The molecule has 0 radical (unpaired) electrons. The second kappa shape index (κ2) is 6.86. The van der Waals surface area contributed by atoms with Crippen molar-refractivity contribution < 1.29 is 9.21 Å². The number of hydrogen-bond acceptors (Lipinski definition) is 6. The maximum atomic E-state index is 12.4. The summed E-state index contributed by atoms with van der Waals surface area (Å²) in [4.78, 5) is 16.2. The number of carbonyl (C=O) groups excluding carboxylic acids is 1. The van der Waals surface area contributed by atoms with E-state index in [0.29, 0.717) is 17.1 Å². The monoisotopic (exact) mass is 338 g/mol. The van der Waals surface area contributed by atoms with Crippen LogP contribution >= 0.6 is 0 Å². The fourth-order valence-corrected chi connectivity index (χ4v) is 2.89. The quantitative estimate of drug-likeness (QED) is 0.756. The molecule has 1 saturated heterocycles. The van der Waals surface area contributed by atoms with Gasteiger partial charge in [0.1, 0.15) is 0 Å². The minimum Gasteiger partial charge on any atom is -0.444 e. The van der Waals surface area contributed by atoms with E-state index in [1.165, 1.54) is 6.39 Å². The van der Waals surface area contributed by atoms with Crippen molar-refractivity contribution in [2.45, 2.75) is 18.9 Å². The lowest BCUT2D eigenvalue weighted by atomic mass is 10.1. The lowest BCUT2D eigenvalue weighted by Gasteiger charge is -2.22. The molecule has 8 heteroatoms. The lowest BCUT2D eigenvalue weighted by Crippen LogP contribution is -2.31. The van der Waals surface area contributed by atoms with Gasteiger partial charge >= 0.3 is 0 Å². The van der Waals surface area contributed by atoms with Crippen molar-refractivity contribution in [3.05, 3.63) is 48.7 Å². The fourth-order valence-electron chi connectivity index (χ4n) is 2.89. The highest BCUT2D eigenvalue weighted by Crippen LogP contribution is 2.21. The van der Waals surface area contributed by atoms with Gasteiger partial charge in [0.05, 0.1) is 18.4 Å². The van der Waals surface area contributed by atoms with Crippen LogP contribution in [0.2, 0.25) is 0 Å². The zero-order valence-corrected chi connectivity index (χ0v) is 13.6. The molecule has 3 heterocycles. The molecule has 0 aliphatic carbocycles. The summed E-state index contributed by atoms with van der Waals surface area (Å²) in [6.45, 7) is 1.89. The Morgan fingerprint density at radius 2 is 2.20 bits per heavy atom. The van der Waals surface area contributed by atoms with Gasteiger partial charge in [0.2, 0.25) is 0 Å². The van der Waals surface area contributed by atoms with E-state index < -0.39 is 0 Å². The van der Waals surface area contributed by atoms with Crippen LogP contribution in [0.5, 0.6) is 0 Å². The van der Waals surface area contributed by atoms with Crippen LogP contribution in [0.1, 0.15) is 29.4 Å². The third-order valence-electron chi connectivity index (χ3n) is 4.25. The van der Waals surface area contributed by atoms with E-state index in [1.54, 1.807) is 17.1 Å². The van der Waals surface area contributed by atoms with E-state index in [4.69, 9.17) is 4.42 Å². The number of amides is 1. The van der Waals surface area contributed by atoms with Gasteiger partial charge in [0, 0.05) is 17.8 Å². The molecule has 1 aliphatic heterocycles. The van der Waals surface area contributed by atoms with E-state index in [1.807, 2.05) is 24.3 Å². The summed E-state index contributed by atoms with van der Waals surface area (Å²) in [5.74, 6) is 0.407. The van der Waals surface area contributed by atoms with E-state index >= 15 is 0 Å². The standard InChI is InChI=1S/C17H18N6O2/c24-17(15-10-23(22-21-15)14-2-1-7-18-8-14)20-13-5-3-12(4-6-13)16-9-19-11-25-16/h3-6,9-11,14,18H,1-2,7-8H2,(H,20,24). The Bertz CT molecular complexity index is 834. The average Bonchev–Trinajstić information content (AvgIpc) is 3.35. The Morgan fingerprint density at radius 3 is 2.92 bits per heavy atom. The molecule has 8 nitrogen and oxygen atoms in total. The van der Waals surface area contributed by atoms with Gasteiger partial charge in [-0.2, -0.15) is 0 Å². The molecule has 128 valence electrons. The predicted octanol–water partition coefficient (Wildman–Crippen LogP) is 2.11. The van der Waals surface area contributed by atoms with E-state index in [2.05, 4.69) is 25.9 Å². The normalized spacial score (nSPS) is 17.4. The molecule has 2 N–H and O–H groups in total. The second-order valence-corrected chi connectivity index (χ2v) is 5.98. The molecule has 0 saturated carbocycles. The third kappa shape index (κ3) is 3.43. The summed E-state index contributed by atoms with van der Waals surface area (Å²) in [7, 11) is 0. The van der Waals surface area contributed by atoms with Gasteiger partial charge in [-0.05, 0) is 43.7 Å². The summed E-state index contributed by atoms with van der Waals surface area (Å²) in [6, 6.07) is 7.60. The highest BCUT2D eigenvalue weighted by Gasteiger charge is 2.18. The van der Waals surface area contributed by atoms with Crippen molar-refractivity contribution in [3.8, 4) is 11.3 Å². The number of rotatable bonds is 4. The number of nitrogens with zero attached hydrogens (tertiary/aromatic N) is 4. The summed E-state index contributed by atoms with van der Waals surface area (Å²) in [5, 5.41) is 14.2. The molecule has 0 bridgehead atoms. The molecule has 1 aromatic carbocycles. The molecule has 4 rings (SSSR count). The first-order valence-electron chi connectivity index (χ1n) is 8.22. The first kappa shape index (κ1) is 15.5. The molecule has 0 spiro atoms. The Morgan fingerprint density at radius 1 is 1.32 bits per heavy atom. The first-order valence-corrected chi connectivity index (χ1v) is 8.22. The Hall–Kier alpha value is -3.00.